The Morgan fingerprint density at radius 2 is 2.16 bits per heavy atom. The average Bonchev–Trinajstić information content (AvgIpc) is 2.85. The summed E-state index contributed by atoms with van der Waals surface area (Å²) in [6.45, 7) is 1.91. The number of nitrogens with zero attached hydrogens (tertiary/aromatic N) is 2. The maximum Gasteiger partial charge on any atom is 0.242 e. The van der Waals surface area contributed by atoms with Crippen LogP contribution in [0.15, 0.2) is 34.7 Å². The molecule has 0 fully saturated rings. The summed E-state index contributed by atoms with van der Waals surface area (Å²) in [6.07, 6.45) is 0. The number of benzene rings is 1. The minimum Gasteiger partial charge on any atom is -0.294 e. The van der Waals surface area contributed by atoms with Crippen molar-refractivity contribution in [2.45, 2.75) is 17.2 Å². The van der Waals surface area contributed by atoms with Crippen molar-refractivity contribution in [1.82, 2.24) is 15.6 Å². The zero-order valence-electron chi connectivity index (χ0n) is 10.4. The molecule has 3 N–H and O–H groups in total. The lowest BCUT2D eigenvalue weighted by Crippen LogP contribution is -2.35. The van der Waals surface area contributed by atoms with Crippen molar-refractivity contribution in [3.05, 3.63) is 40.9 Å². The summed E-state index contributed by atoms with van der Waals surface area (Å²) in [5.74, 6) is 5.35. The zero-order valence-corrected chi connectivity index (χ0v) is 12.0. The number of aryl methyl sites for hydroxylation is 1. The van der Waals surface area contributed by atoms with Gasteiger partial charge in [0.2, 0.25) is 5.91 Å². The van der Waals surface area contributed by atoms with E-state index in [9.17, 15) is 4.79 Å². The number of thioether (sulfide) groups is 1. The predicted molar refractivity (Wildman–Crippen MR) is 76.9 cm³/mol. The Balaban J connectivity index is 2.09. The number of nitrogens with two attached hydrogens (primary N) is 1. The van der Waals surface area contributed by atoms with Gasteiger partial charge in [-0.3, -0.25) is 10.2 Å². The molecule has 1 amide bonds. The molecule has 0 aliphatic rings. The monoisotopic (exact) mass is 294 g/mol. The molecule has 0 saturated carbocycles. The van der Waals surface area contributed by atoms with E-state index < -0.39 is 0 Å². The summed E-state index contributed by atoms with van der Waals surface area (Å²) in [7, 11) is 0. The van der Waals surface area contributed by atoms with Gasteiger partial charge in [-0.15, -0.1) is 10.2 Å². The first-order chi connectivity index (χ1) is 9.20. The molecule has 0 radical (unpaired) electrons. The third-order valence-corrected chi connectivity index (χ3v) is 4.61. The Bertz CT molecular complexity index is 544. The SMILES string of the molecule is Cc1nnc(SCC(C(=O)NN)c2ccccc2)s1. The van der Waals surface area contributed by atoms with Gasteiger partial charge in [0, 0.05) is 5.75 Å². The van der Waals surface area contributed by atoms with Crippen molar-refractivity contribution in [2.24, 2.45) is 5.84 Å². The van der Waals surface area contributed by atoms with Crippen LogP contribution in [0.5, 0.6) is 0 Å². The highest BCUT2D eigenvalue weighted by Gasteiger charge is 2.20. The molecule has 1 heterocycles. The average molecular weight is 294 g/mol. The first-order valence-corrected chi connectivity index (χ1v) is 7.49. The molecule has 2 aromatic rings. The molecule has 1 unspecified atom stereocenters. The van der Waals surface area contributed by atoms with Crippen LogP contribution in [-0.2, 0) is 4.79 Å². The second-order valence-corrected chi connectivity index (χ2v) is 6.32. The molecule has 0 saturated heterocycles. The second-order valence-electron chi connectivity index (χ2n) is 3.87. The van der Waals surface area contributed by atoms with Crippen molar-refractivity contribution in [3.63, 3.8) is 0 Å². The van der Waals surface area contributed by atoms with Crippen LogP contribution in [0.25, 0.3) is 0 Å². The highest BCUT2D eigenvalue weighted by Crippen LogP contribution is 2.28. The van der Waals surface area contributed by atoms with Gasteiger partial charge >= 0.3 is 0 Å². The fourth-order valence-electron chi connectivity index (χ4n) is 1.60. The van der Waals surface area contributed by atoms with Gasteiger partial charge in [-0.1, -0.05) is 53.4 Å². The fourth-order valence-corrected chi connectivity index (χ4v) is 3.57. The molecule has 1 aromatic carbocycles. The van der Waals surface area contributed by atoms with Crippen molar-refractivity contribution in [3.8, 4) is 0 Å². The highest BCUT2D eigenvalue weighted by molar-refractivity contribution is 8.01. The van der Waals surface area contributed by atoms with Crippen molar-refractivity contribution >= 4 is 29.0 Å². The predicted octanol–water partition coefficient (Wildman–Crippen LogP) is 1.71. The van der Waals surface area contributed by atoms with Crippen LogP contribution in [-0.4, -0.2) is 21.9 Å². The van der Waals surface area contributed by atoms with E-state index in [1.165, 1.54) is 23.1 Å². The van der Waals surface area contributed by atoms with E-state index in [2.05, 4.69) is 15.6 Å². The van der Waals surface area contributed by atoms with Gasteiger partial charge in [0.15, 0.2) is 4.34 Å². The van der Waals surface area contributed by atoms with Crippen molar-refractivity contribution in [1.29, 1.82) is 0 Å². The fraction of sp³-hybridized carbons (Fsp3) is 0.250. The van der Waals surface area contributed by atoms with Crippen LogP contribution >= 0.6 is 23.1 Å². The molecule has 0 aliphatic heterocycles. The standard InChI is InChI=1S/C12H14N4OS2/c1-8-15-16-12(19-8)18-7-10(11(17)14-13)9-5-3-2-4-6-9/h2-6,10H,7,13H2,1H3,(H,14,17). The molecule has 7 heteroatoms. The summed E-state index contributed by atoms with van der Waals surface area (Å²) < 4.78 is 0.864. The van der Waals surface area contributed by atoms with E-state index in [1.807, 2.05) is 37.3 Å². The number of hydrogen-bond donors (Lipinski definition) is 2. The number of rotatable bonds is 5. The number of carbonyl (C=O) groups is 1. The molecule has 2 rings (SSSR count). The molecule has 5 nitrogen and oxygen atoms in total. The Morgan fingerprint density at radius 1 is 1.42 bits per heavy atom. The lowest BCUT2D eigenvalue weighted by Gasteiger charge is -2.14. The third-order valence-electron chi connectivity index (χ3n) is 2.54. The van der Waals surface area contributed by atoms with Gasteiger partial charge < -0.3 is 0 Å². The quantitative estimate of drug-likeness (QED) is 0.380. The van der Waals surface area contributed by atoms with Gasteiger partial charge in [0.25, 0.3) is 0 Å². The Hall–Kier alpha value is -1.44. The molecule has 19 heavy (non-hydrogen) atoms. The minimum absolute atomic E-state index is 0.195. The molecule has 0 bridgehead atoms. The lowest BCUT2D eigenvalue weighted by molar-refractivity contribution is -0.122. The molecular formula is C12H14N4OS2. The number of amides is 1. The summed E-state index contributed by atoms with van der Waals surface area (Å²) in [5.41, 5.74) is 3.16. The first kappa shape index (κ1) is 14.0. The van der Waals surface area contributed by atoms with E-state index in [1.54, 1.807) is 0 Å². The highest BCUT2D eigenvalue weighted by atomic mass is 32.2. The third kappa shape index (κ3) is 3.76. The van der Waals surface area contributed by atoms with E-state index >= 15 is 0 Å². The van der Waals surface area contributed by atoms with Gasteiger partial charge in [0.05, 0.1) is 5.92 Å². The first-order valence-electron chi connectivity index (χ1n) is 5.69. The number of hydrogen-bond acceptors (Lipinski definition) is 6. The number of carbonyl (C=O) groups excluding carboxylic acids is 1. The molecule has 100 valence electrons. The van der Waals surface area contributed by atoms with Gasteiger partial charge in [-0.05, 0) is 12.5 Å². The lowest BCUT2D eigenvalue weighted by atomic mass is 10.0. The Morgan fingerprint density at radius 3 is 2.74 bits per heavy atom. The number of hydrazine groups is 1. The molecular weight excluding hydrogens is 280 g/mol. The molecule has 1 aromatic heterocycles. The van der Waals surface area contributed by atoms with E-state index in [0.717, 1.165) is 14.9 Å². The molecule has 1 atom stereocenters. The maximum atomic E-state index is 11.9. The van der Waals surface area contributed by atoms with Crippen LogP contribution in [0.3, 0.4) is 0 Å². The van der Waals surface area contributed by atoms with Crippen LogP contribution in [0.4, 0.5) is 0 Å². The summed E-state index contributed by atoms with van der Waals surface area (Å²) in [6, 6.07) is 9.58. The van der Waals surface area contributed by atoms with Crippen LogP contribution in [0, 0.1) is 6.92 Å². The Labute approximate surface area is 119 Å². The summed E-state index contributed by atoms with van der Waals surface area (Å²) >= 11 is 3.04. The van der Waals surface area contributed by atoms with Crippen molar-refractivity contribution in [2.75, 3.05) is 5.75 Å². The van der Waals surface area contributed by atoms with E-state index in [4.69, 9.17) is 5.84 Å². The smallest absolute Gasteiger partial charge is 0.242 e. The zero-order chi connectivity index (χ0) is 13.7. The number of nitrogens with one attached hydrogen (secondary N) is 1. The second kappa shape index (κ2) is 6.65. The van der Waals surface area contributed by atoms with Crippen LogP contribution < -0.4 is 11.3 Å². The summed E-state index contributed by atoms with van der Waals surface area (Å²) in [5, 5.41) is 8.91. The topological polar surface area (TPSA) is 80.9 Å². The van der Waals surface area contributed by atoms with Gasteiger partial charge in [-0.2, -0.15) is 0 Å². The van der Waals surface area contributed by atoms with Crippen LogP contribution in [0.1, 0.15) is 16.5 Å². The van der Waals surface area contributed by atoms with Crippen molar-refractivity contribution < 1.29 is 4.79 Å². The normalized spacial score (nSPS) is 12.1. The Kier molecular flexibility index (Phi) is 4.89. The summed E-state index contributed by atoms with van der Waals surface area (Å²) in [4.78, 5) is 11.9. The molecule has 0 spiro atoms. The molecule has 0 aliphatic carbocycles. The van der Waals surface area contributed by atoms with E-state index in [0.29, 0.717) is 5.75 Å². The van der Waals surface area contributed by atoms with Crippen LogP contribution in [0.2, 0.25) is 0 Å². The van der Waals surface area contributed by atoms with Gasteiger partial charge in [0.1, 0.15) is 5.01 Å². The van der Waals surface area contributed by atoms with E-state index in [-0.39, 0.29) is 11.8 Å². The number of aromatic nitrogens is 2. The minimum atomic E-state index is -0.291. The van der Waals surface area contributed by atoms with Gasteiger partial charge in [-0.25, -0.2) is 5.84 Å². The largest absolute Gasteiger partial charge is 0.294 e. The maximum absolute atomic E-state index is 11.9.